The molecule has 0 saturated heterocycles. The lowest BCUT2D eigenvalue weighted by Crippen LogP contribution is -2.01. The molecular formula is C15H15NO4. The third-order valence-electron chi connectivity index (χ3n) is 2.85. The topological polar surface area (TPSA) is 61.6 Å². The van der Waals surface area contributed by atoms with Crippen molar-refractivity contribution in [2.75, 3.05) is 13.7 Å². The summed E-state index contributed by atoms with van der Waals surface area (Å²) >= 11 is 0. The smallest absolute Gasteiger partial charge is 0.273 e. The molecular weight excluding hydrogens is 258 g/mol. The summed E-state index contributed by atoms with van der Waals surface area (Å²) in [6, 6.07) is 13.9. The molecule has 0 N–H and O–H groups in total. The summed E-state index contributed by atoms with van der Waals surface area (Å²) in [5.41, 5.74) is 1.16. The van der Waals surface area contributed by atoms with Gasteiger partial charge in [-0.2, -0.15) is 0 Å². The molecule has 0 aromatic heterocycles. The Balaban J connectivity index is 1.88. The molecule has 0 amide bonds. The van der Waals surface area contributed by atoms with Crippen molar-refractivity contribution in [2.45, 2.75) is 6.42 Å². The first-order valence-corrected chi connectivity index (χ1v) is 6.19. The highest BCUT2D eigenvalue weighted by atomic mass is 16.6. The summed E-state index contributed by atoms with van der Waals surface area (Å²) in [6.07, 6.45) is 0.729. The molecule has 2 aromatic carbocycles. The van der Waals surface area contributed by atoms with Gasteiger partial charge in [-0.25, -0.2) is 0 Å². The van der Waals surface area contributed by atoms with Crippen LogP contribution in [0.3, 0.4) is 0 Å². The number of methoxy groups -OCH3 is 1. The van der Waals surface area contributed by atoms with Crippen molar-refractivity contribution in [1.29, 1.82) is 0 Å². The van der Waals surface area contributed by atoms with Crippen molar-refractivity contribution in [2.24, 2.45) is 0 Å². The Morgan fingerprint density at radius 2 is 1.85 bits per heavy atom. The van der Waals surface area contributed by atoms with E-state index in [0.717, 1.165) is 17.7 Å². The third-order valence-corrected chi connectivity index (χ3v) is 2.85. The second kappa shape index (κ2) is 6.56. The van der Waals surface area contributed by atoms with Crippen molar-refractivity contribution in [3.05, 3.63) is 64.2 Å². The van der Waals surface area contributed by atoms with Gasteiger partial charge in [0.2, 0.25) is 0 Å². The summed E-state index contributed by atoms with van der Waals surface area (Å²) in [4.78, 5) is 10.2. The maximum Gasteiger partial charge on any atom is 0.273 e. The molecule has 0 unspecified atom stereocenters. The Kier molecular flexibility index (Phi) is 4.55. The number of non-ortho nitro benzene ring substituents is 1. The summed E-state index contributed by atoms with van der Waals surface area (Å²) in [6.45, 7) is 0.466. The van der Waals surface area contributed by atoms with E-state index >= 15 is 0 Å². The van der Waals surface area contributed by atoms with Gasteiger partial charge in [-0.3, -0.25) is 10.1 Å². The first kappa shape index (κ1) is 13.9. The Morgan fingerprint density at radius 3 is 2.50 bits per heavy atom. The zero-order chi connectivity index (χ0) is 14.4. The highest BCUT2D eigenvalue weighted by Gasteiger charge is 2.06. The number of ether oxygens (including phenoxy) is 2. The Morgan fingerprint density at radius 1 is 1.10 bits per heavy atom. The van der Waals surface area contributed by atoms with E-state index in [2.05, 4.69) is 0 Å². The molecule has 0 radical (unpaired) electrons. The molecule has 5 heteroatoms. The Labute approximate surface area is 116 Å². The van der Waals surface area contributed by atoms with Crippen molar-refractivity contribution < 1.29 is 14.4 Å². The number of nitro benzene ring substituents is 1. The second-order valence-corrected chi connectivity index (χ2v) is 4.20. The van der Waals surface area contributed by atoms with Gasteiger partial charge in [-0.05, 0) is 23.8 Å². The quantitative estimate of drug-likeness (QED) is 0.599. The van der Waals surface area contributed by atoms with Crippen LogP contribution in [0, 0.1) is 10.1 Å². The predicted molar refractivity (Wildman–Crippen MR) is 75.3 cm³/mol. The molecule has 104 valence electrons. The molecule has 0 saturated carbocycles. The molecule has 2 aromatic rings. The molecule has 0 aliphatic carbocycles. The lowest BCUT2D eigenvalue weighted by Gasteiger charge is -2.06. The molecule has 0 heterocycles. The maximum atomic E-state index is 10.6. The number of hydrogen-bond acceptors (Lipinski definition) is 4. The van der Waals surface area contributed by atoms with Gasteiger partial charge in [0.05, 0.1) is 24.7 Å². The molecule has 20 heavy (non-hydrogen) atoms. The van der Waals surface area contributed by atoms with E-state index < -0.39 is 4.92 Å². The highest BCUT2D eigenvalue weighted by Crippen LogP contribution is 2.19. The van der Waals surface area contributed by atoms with Gasteiger partial charge >= 0.3 is 0 Å². The predicted octanol–water partition coefficient (Wildman–Crippen LogP) is 3.22. The largest absolute Gasteiger partial charge is 0.497 e. The summed E-state index contributed by atoms with van der Waals surface area (Å²) < 4.78 is 10.6. The lowest BCUT2D eigenvalue weighted by molar-refractivity contribution is -0.384. The number of rotatable bonds is 6. The molecule has 2 rings (SSSR count). The molecule has 0 fully saturated rings. The fraction of sp³-hybridized carbons (Fsp3) is 0.200. The van der Waals surface area contributed by atoms with Crippen LogP contribution in [-0.4, -0.2) is 18.6 Å². The van der Waals surface area contributed by atoms with Crippen molar-refractivity contribution in [3.63, 3.8) is 0 Å². The van der Waals surface area contributed by atoms with Crippen molar-refractivity contribution in [1.82, 2.24) is 0 Å². The number of nitro groups is 1. The average Bonchev–Trinajstić information content (AvgIpc) is 2.48. The minimum atomic E-state index is -0.434. The minimum absolute atomic E-state index is 0.0342. The fourth-order valence-electron chi connectivity index (χ4n) is 1.77. The summed E-state index contributed by atoms with van der Waals surface area (Å²) in [5, 5.41) is 10.6. The van der Waals surface area contributed by atoms with E-state index in [1.807, 2.05) is 24.3 Å². The van der Waals surface area contributed by atoms with Crippen LogP contribution in [0.25, 0.3) is 0 Å². The monoisotopic (exact) mass is 273 g/mol. The average molecular weight is 273 g/mol. The van der Waals surface area contributed by atoms with Gasteiger partial charge in [-0.1, -0.05) is 18.2 Å². The SMILES string of the molecule is COc1ccc(CCOc2cccc([N+](=O)[O-])c2)cc1. The van der Waals surface area contributed by atoms with Crippen LogP contribution >= 0.6 is 0 Å². The maximum absolute atomic E-state index is 10.6. The van der Waals surface area contributed by atoms with E-state index in [9.17, 15) is 10.1 Å². The molecule has 0 atom stereocenters. The van der Waals surface area contributed by atoms with E-state index in [0.29, 0.717) is 12.4 Å². The van der Waals surface area contributed by atoms with E-state index in [1.165, 1.54) is 12.1 Å². The molecule has 0 aliphatic heterocycles. The zero-order valence-electron chi connectivity index (χ0n) is 11.1. The van der Waals surface area contributed by atoms with Crippen LogP contribution in [0.1, 0.15) is 5.56 Å². The van der Waals surface area contributed by atoms with Gasteiger partial charge < -0.3 is 9.47 Å². The normalized spacial score (nSPS) is 10.1. The van der Waals surface area contributed by atoms with Crippen molar-refractivity contribution >= 4 is 5.69 Å². The van der Waals surface area contributed by atoms with Crippen LogP contribution < -0.4 is 9.47 Å². The summed E-state index contributed by atoms with van der Waals surface area (Å²) in [7, 11) is 1.63. The van der Waals surface area contributed by atoms with Gasteiger partial charge in [0, 0.05) is 12.5 Å². The standard InChI is InChI=1S/C15H15NO4/c1-19-14-7-5-12(6-8-14)9-10-20-15-4-2-3-13(11-15)16(17)18/h2-8,11H,9-10H2,1H3. The van der Waals surface area contributed by atoms with Crippen LogP contribution in [0.15, 0.2) is 48.5 Å². The first-order valence-electron chi connectivity index (χ1n) is 6.19. The van der Waals surface area contributed by atoms with Gasteiger partial charge in [0.15, 0.2) is 0 Å². The number of nitrogens with zero attached hydrogens (tertiary/aromatic N) is 1. The molecule has 0 spiro atoms. The van der Waals surface area contributed by atoms with Crippen molar-refractivity contribution in [3.8, 4) is 11.5 Å². The third kappa shape index (κ3) is 3.71. The molecule has 5 nitrogen and oxygen atoms in total. The van der Waals surface area contributed by atoms with Gasteiger partial charge in [-0.15, -0.1) is 0 Å². The first-order chi connectivity index (χ1) is 9.69. The van der Waals surface area contributed by atoms with Crippen LogP contribution in [-0.2, 0) is 6.42 Å². The molecule has 0 aliphatic rings. The molecule has 0 bridgehead atoms. The number of hydrogen-bond donors (Lipinski definition) is 0. The van der Waals surface area contributed by atoms with Crippen LogP contribution in [0.5, 0.6) is 11.5 Å². The highest BCUT2D eigenvalue weighted by molar-refractivity contribution is 5.38. The number of benzene rings is 2. The van der Waals surface area contributed by atoms with E-state index in [1.54, 1.807) is 19.2 Å². The lowest BCUT2D eigenvalue weighted by atomic mass is 10.1. The van der Waals surface area contributed by atoms with Gasteiger partial charge in [0.25, 0.3) is 5.69 Å². The zero-order valence-corrected chi connectivity index (χ0v) is 11.1. The Hall–Kier alpha value is -2.56. The minimum Gasteiger partial charge on any atom is -0.497 e. The Bertz CT molecular complexity index is 581. The van der Waals surface area contributed by atoms with E-state index in [-0.39, 0.29) is 5.69 Å². The van der Waals surface area contributed by atoms with E-state index in [4.69, 9.17) is 9.47 Å². The second-order valence-electron chi connectivity index (χ2n) is 4.20. The van der Waals surface area contributed by atoms with Crippen LogP contribution in [0.4, 0.5) is 5.69 Å². The van der Waals surface area contributed by atoms with Gasteiger partial charge in [0.1, 0.15) is 11.5 Å². The fourth-order valence-corrected chi connectivity index (χ4v) is 1.77. The summed E-state index contributed by atoms with van der Waals surface area (Å²) in [5.74, 6) is 1.32. The van der Waals surface area contributed by atoms with Crippen LogP contribution in [0.2, 0.25) is 0 Å².